The van der Waals surface area contributed by atoms with Gasteiger partial charge in [0.2, 0.25) is 5.91 Å². The van der Waals surface area contributed by atoms with Crippen LogP contribution in [0.1, 0.15) is 21.5 Å². The van der Waals surface area contributed by atoms with Crippen LogP contribution in [-0.2, 0) is 0 Å². The highest BCUT2D eigenvalue weighted by atomic mass is 16.5. The van der Waals surface area contributed by atoms with Crippen molar-refractivity contribution >= 4 is 5.91 Å². The molecule has 0 atom stereocenters. The van der Waals surface area contributed by atoms with E-state index in [9.17, 15) is 4.79 Å². The molecule has 0 aliphatic carbocycles. The first-order valence-electron chi connectivity index (χ1n) is 5.66. The minimum atomic E-state index is -0.535. The molecule has 0 aliphatic heterocycles. The van der Waals surface area contributed by atoms with Crippen LogP contribution in [0.3, 0.4) is 0 Å². The Morgan fingerprint density at radius 2 is 1.55 bits per heavy atom. The predicted molar refractivity (Wildman–Crippen MR) is 70.9 cm³/mol. The molecule has 1 amide bonds. The Kier molecular flexibility index (Phi) is 3.65. The van der Waals surface area contributed by atoms with Crippen molar-refractivity contribution in [1.29, 1.82) is 10.5 Å². The van der Waals surface area contributed by atoms with E-state index < -0.39 is 5.91 Å². The van der Waals surface area contributed by atoms with Crippen LogP contribution in [0.25, 0.3) is 0 Å². The Balaban J connectivity index is 2.38. The van der Waals surface area contributed by atoms with Gasteiger partial charge in [-0.05, 0) is 36.4 Å². The van der Waals surface area contributed by atoms with Gasteiger partial charge in [-0.2, -0.15) is 10.5 Å². The summed E-state index contributed by atoms with van der Waals surface area (Å²) in [4.78, 5) is 11.0. The van der Waals surface area contributed by atoms with Gasteiger partial charge in [0.25, 0.3) is 0 Å². The van der Waals surface area contributed by atoms with Crippen LogP contribution in [0.15, 0.2) is 42.5 Å². The van der Waals surface area contributed by atoms with Crippen LogP contribution in [0, 0.1) is 22.7 Å². The SMILES string of the molecule is N#Cc1cccc(C#N)c1Oc1ccc(C(N)=O)cc1. The highest BCUT2D eigenvalue weighted by Crippen LogP contribution is 2.28. The van der Waals surface area contributed by atoms with Gasteiger partial charge in [-0.3, -0.25) is 4.79 Å². The zero-order valence-corrected chi connectivity index (χ0v) is 10.3. The number of hydrogen-bond acceptors (Lipinski definition) is 4. The van der Waals surface area contributed by atoms with E-state index in [1.165, 1.54) is 12.1 Å². The van der Waals surface area contributed by atoms with E-state index >= 15 is 0 Å². The molecule has 20 heavy (non-hydrogen) atoms. The van der Waals surface area contributed by atoms with E-state index in [2.05, 4.69) is 0 Å². The summed E-state index contributed by atoms with van der Waals surface area (Å²) in [7, 11) is 0. The number of carbonyl (C=O) groups is 1. The second-order valence-corrected chi connectivity index (χ2v) is 3.90. The number of para-hydroxylation sites is 1. The third-order valence-electron chi connectivity index (χ3n) is 2.61. The van der Waals surface area contributed by atoms with Gasteiger partial charge in [0.15, 0.2) is 5.75 Å². The molecule has 2 rings (SSSR count). The summed E-state index contributed by atoms with van der Waals surface area (Å²) in [6.45, 7) is 0. The first-order valence-corrected chi connectivity index (χ1v) is 5.66. The summed E-state index contributed by atoms with van der Waals surface area (Å²) in [6, 6.07) is 14.8. The third kappa shape index (κ3) is 2.58. The highest BCUT2D eigenvalue weighted by Gasteiger charge is 2.11. The zero-order chi connectivity index (χ0) is 14.5. The molecule has 0 unspecified atom stereocenters. The molecule has 0 radical (unpaired) electrons. The molecular formula is C15H9N3O2. The highest BCUT2D eigenvalue weighted by molar-refractivity contribution is 5.92. The minimum Gasteiger partial charge on any atom is -0.455 e. The molecule has 0 spiro atoms. The van der Waals surface area contributed by atoms with Gasteiger partial charge in [-0.25, -0.2) is 0 Å². The number of carbonyl (C=O) groups excluding carboxylic acids is 1. The van der Waals surface area contributed by atoms with Crippen molar-refractivity contribution < 1.29 is 9.53 Å². The van der Waals surface area contributed by atoms with E-state index in [0.29, 0.717) is 11.3 Å². The van der Waals surface area contributed by atoms with Crippen LogP contribution in [-0.4, -0.2) is 5.91 Å². The van der Waals surface area contributed by atoms with Crippen molar-refractivity contribution in [1.82, 2.24) is 0 Å². The molecule has 2 aromatic rings. The van der Waals surface area contributed by atoms with E-state index in [1.807, 2.05) is 12.1 Å². The summed E-state index contributed by atoms with van der Waals surface area (Å²) in [5.41, 5.74) is 6.03. The van der Waals surface area contributed by atoms with Gasteiger partial charge in [-0.15, -0.1) is 0 Å². The van der Waals surface area contributed by atoms with E-state index in [0.717, 1.165) is 0 Å². The van der Waals surface area contributed by atoms with Crippen molar-refractivity contribution in [2.75, 3.05) is 0 Å². The van der Waals surface area contributed by atoms with Gasteiger partial charge in [0, 0.05) is 5.56 Å². The zero-order valence-electron chi connectivity index (χ0n) is 10.3. The van der Waals surface area contributed by atoms with Crippen LogP contribution in [0.4, 0.5) is 0 Å². The number of nitrogens with zero attached hydrogens (tertiary/aromatic N) is 2. The lowest BCUT2D eigenvalue weighted by molar-refractivity contribution is 0.100. The average molecular weight is 263 g/mol. The number of primary amides is 1. The van der Waals surface area contributed by atoms with Crippen LogP contribution in [0.2, 0.25) is 0 Å². The lowest BCUT2D eigenvalue weighted by atomic mass is 10.1. The maximum atomic E-state index is 11.0. The second kappa shape index (κ2) is 5.55. The quantitative estimate of drug-likeness (QED) is 0.918. The Bertz CT molecular complexity index is 705. The Morgan fingerprint density at radius 1 is 1.00 bits per heavy atom. The summed E-state index contributed by atoms with van der Waals surface area (Å²) in [6.07, 6.45) is 0. The summed E-state index contributed by atoms with van der Waals surface area (Å²) < 4.78 is 5.56. The van der Waals surface area contributed by atoms with Crippen molar-refractivity contribution in [3.05, 3.63) is 59.2 Å². The lowest BCUT2D eigenvalue weighted by Gasteiger charge is -2.09. The molecule has 2 N–H and O–H groups in total. The molecule has 0 aliphatic rings. The molecule has 0 bridgehead atoms. The number of benzene rings is 2. The van der Waals surface area contributed by atoms with E-state index in [1.54, 1.807) is 30.3 Å². The van der Waals surface area contributed by atoms with Crippen LogP contribution >= 0.6 is 0 Å². The van der Waals surface area contributed by atoms with Gasteiger partial charge in [0.05, 0.1) is 11.1 Å². The lowest BCUT2D eigenvalue weighted by Crippen LogP contribution is -2.10. The first kappa shape index (κ1) is 13.1. The molecule has 96 valence electrons. The topological polar surface area (TPSA) is 99.9 Å². The number of amides is 1. The fourth-order valence-corrected chi connectivity index (χ4v) is 1.63. The first-order chi connectivity index (χ1) is 9.65. The predicted octanol–water partition coefficient (Wildman–Crippen LogP) is 2.32. The van der Waals surface area contributed by atoms with Crippen LogP contribution in [0.5, 0.6) is 11.5 Å². The fraction of sp³-hybridized carbons (Fsp3) is 0. The fourth-order valence-electron chi connectivity index (χ4n) is 1.63. The minimum absolute atomic E-state index is 0.198. The van der Waals surface area contributed by atoms with Gasteiger partial charge < -0.3 is 10.5 Å². The molecule has 5 heteroatoms. The van der Waals surface area contributed by atoms with E-state index in [4.69, 9.17) is 21.0 Å². The maximum absolute atomic E-state index is 11.0. The normalized spacial score (nSPS) is 9.30. The summed E-state index contributed by atoms with van der Waals surface area (Å²) in [5.74, 6) is 0.0743. The number of rotatable bonds is 3. The smallest absolute Gasteiger partial charge is 0.248 e. The van der Waals surface area contributed by atoms with Crippen LogP contribution < -0.4 is 10.5 Å². The average Bonchev–Trinajstić information content (AvgIpc) is 2.48. The molecule has 2 aromatic carbocycles. The number of ether oxygens (including phenoxy) is 1. The molecule has 0 heterocycles. The number of nitriles is 2. The molecule has 0 aromatic heterocycles. The second-order valence-electron chi connectivity index (χ2n) is 3.90. The van der Waals surface area contributed by atoms with Crippen molar-refractivity contribution in [2.24, 2.45) is 5.73 Å². The molecule has 5 nitrogen and oxygen atoms in total. The number of nitrogens with two attached hydrogens (primary N) is 1. The molecule has 0 saturated carbocycles. The monoisotopic (exact) mass is 263 g/mol. The van der Waals surface area contributed by atoms with Gasteiger partial charge >= 0.3 is 0 Å². The van der Waals surface area contributed by atoms with Crippen molar-refractivity contribution in [3.8, 4) is 23.6 Å². The van der Waals surface area contributed by atoms with Crippen molar-refractivity contribution in [3.63, 3.8) is 0 Å². The third-order valence-corrected chi connectivity index (χ3v) is 2.61. The maximum Gasteiger partial charge on any atom is 0.248 e. The van der Waals surface area contributed by atoms with Gasteiger partial charge in [0.1, 0.15) is 17.9 Å². The Hall–Kier alpha value is -3.31. The van der Waals surface area contributed by atoms with Crippen molar-refractivity contribution in [2.45, 2.75) is 0 Å². The standard InChI is InChI=1S/C15H9N3O2/c16-8-11-2-1-3-12(9-17)14(11)20-13-6-4-10(5-7-13)15(18)19/h1-7H,(H2,18,19). The number of hydrogen-bond donors (Lipinski definition) is 1. The molecule has 0 saturated heterocycles. The Labute approximate surface area is 115 Å². The van der Waals surface area contributed by atoms with Gasteiger partial charge in [-0.1, -0.05) is 6.07 Å². The Morgan fingerprint density at radius 3 is 2.00 bits per heavy atom. The summed E-state index contributed by atoms with van der Waals surface area (Å²) in [5, 5.41) is 18.1. The van der Waals surface area contributed by atoms with E-state index in [-0.39, 0.29) is 16.9 Å². The molecule has 0 fully saturated rings. The summed E-state index contributed by atoms with van der Waals surface area (Å²) >= 11 is 0. The molecular weight excluding hydrogens is 254 g/mol. The largest absolute Gasteiger partial charge is 0.455 e.